The molecule has 0 aromatic heterocycles. The Hall–Kier alpha value is -2.97. The van der Waals surface area contributed by atoms with Crippen molar-refractivity contribution in [2.45, 2.75) is 75.7 Å². The van der Waals surface area contributed by atoms with Crippen LogP contribution in [0.15, 0.2) is 55.6 Å². The average molecular weight is 539 g/mol. The minimum atomic E-state index is -1.13. The number of likely N-dealkylation sites (tertiary alicyclic amines) is 1. The fraction of sp³-hybridized carbons (Fsp3) is 0.581. The van der Waals surface area contributed by atoms with Crippen molar-refractivity contribution in [3.63, 3.8) is 0 Å². The van der Waals surface area contributed by atoms with E-state index in [9.17, 15) is 19.5 Å². The molecule has 3 saturated heterocycles. The molecule has 39 heavy (non-hydrogen) atoms. The molecule has 3 aliphatic rings. The quantitative estimate of drug-likeness (QED) is 0.209. The van der Waals surface area contributed by atoms with Crippen LogP contribution in [-0.2, 0) is 30.3 Å². The number of aliphatic hydroxyl groups is 1. The summed E-state index contributed by atoms with van der Waals surface area (Å²) in [7, 11) is 0. The van der Waals surface area contributed by atoms with E-state index in [1.807, 2.05) is 30.3 Å². The van der Waals surface area contributed by atoms with Gasteiger partial charge in [0.25, 0.3) is 0 Å². The van der Waals surface area contributed by atoms with E-state index in [1.165, 1.54) is 0 Å². The molecule has 3 aliphatic heterocycles. The number of hydrogen-bond donors (Lipinski definition) is 1. The smallest absolute Gasteiger partial charge is 0.312 e. The monoisotopic (exact) mass is 538 g/mol. The highest BCUT2D eigenvalue weighted by molar-refractivity contribution is 5.98. The zero-order valence-corrected chi connectivity index (χ0v) is 23.0. The molecule has 0 radical (unpaired) electrons. The highest BCUT2D eigenvalue weighted by atomic mass is 16.6. The maximum atomic E-state index is 14.3. The molecule has 1 N–H and O–H groups in total. The molecular formula is C31H42N2O6. The van der Waals surface area contributed by atoms with Crippen LogP contribution in [0.1, 0.15) is 51.0 Å². The third-order valence-electron chi connectivity index (χ3n) is 8.40. The molecule has 1 aromatic rings. The van der Waals surface area contributed by atoms with Gasteiger partial charge in [0.1, 0.15) is 11.6 Å². The van der Waals surface area contributed by atoms with E-state index >= 15 is 0 Å². The predicted molar refractivity (Wildman–Crippen MR) is 148 cm³/mol. The van der Waals surface area contributed by atoms with Crippen LogP contribution in [0, 0.1) is 11.8 Å². The van der Waals surface area contributed by atoms with Gasteiger partial charge in [0.05, 0.1) is 37.2 Å². The van der Waals surface area contributed by atoms with Crippen molar-refractivity contribution in [1.29, 1.82) is 0 Å². The van der Waals surface area contributed by atoms with Crippen molar-refractivity contribution in [3.8, 4) is 0 Å². The fourth-order valence-corrected chi connectivity index (χ4v) is 6.63. The van der Waals surface area contributed by atoms with Crippen molar-refractivity contribution in [2.75, 3.05) is 26.3 Å². The van der Waals surface area contributed by atoms with Crippen LogP contribution >= 0.6 is 0 Å². The first kappa shape index (κ1) is 29.0. The Morgan fingerprint density at radius 2 is 2.03 bits per heavy atom. The van der Waals surface area contributed by atoms with Crippen molar-refractivity contribution >= 4 is 17.8 Å². The average Bonchev–Trinajstić information content (AvgIpc) is 3.59. The van der Waals surface area contributed by atoms with Crippen molar-refractivity contribution < 1.29 is 29.0 Å². The summed E-state index contributed by atoms with van der Waals surface area (Å²) in [5.74, 6) is -2.57. The molecule has 4 rings (SSSR count). The maximum absolute atomic E-state index is 14.3. The van der Waals surface area contributed by atoms with Gasteiger partial charge in [0.15, 0.2) is 0 Å². The Morgan fingerprint density at radius 3 is 2.69 bits per heavy atom. The van der Waals surface area contributed by atoms with Gasteiger partial charge < -0.3 is 24.4 Å². The Bertz CT molecular complexity index is 1040. The van der Waals surface area contributed by atoms with Gasteiger partial charge in [-0.15, -0.1) is 13.2 Å². The molecule has 0 saturated carbocycles. The normalized spacial score (nSPS) is 27.7. The molecular weight excluding hydrogens is 496 g/mol. The minimum Gasteiger partial charge on any atom is -0.465 e. The van der Waals surface area contributed by atoms with Gasteiger partial charge in [-0.2, -0.15) is 0 Å². The van der Waals surface area contributed by atoms with E-state index in [1.54, 1.807) is 22.0 Å². The summed E-state index contributed by atoms with van der Waals surface area (Å²) in [5, 5.41) is 10.5. The van der Waals surface area contributed by atoms with Crippen molar-refractivity contribution in [3.05, 3.63) is 61.2 Å². The summed E-state index contributed by atoms with van der Waals surface area (Å²) in [6.07, 6.45) is 7.56. The topological polar surface area (TPSA) is 96.4 Å². The number of benzene rings is 1. The van der Waals surface area contributed by atoms with Gasteiger partial charge in [0.2, 0.25) is 11.8 Å². The molecule has 2 amide bonds. The van der Waals surface area contributed by atoms with Crippen LogP contribution in [0.5, 0.6) is 0 Å². The molecule has 2 unspecified atom stereocenters. The number of nitrogens with zero attached hydrogens (tertiary/aromatic N) is 2. The van der Waals surface area contributed by atoms with Crippen LogP contribution in [0.2, 0.25) is 0 Å². The number of unbranched alkanes of at least 4 members (excludes halogenated alkanes) is 2. The van der Waals surface area contributed by atoms with Crippen LogP contribution in [-0.4, -0.2) is 82.8 Å². The van der Waals surface area contributed by atoms with Gasteiger partial charge >= 0.3 is 5.97 Å². The number of amides is 2. The summed E-state index contributed by atoms with van der Waals surface area (Å²) in [6, 6.07) is 8.03. The van der Waals surface area contributed by atoms with Crippen molar-refractivity contribution in [2.24, 2.45) is 11.8 Å². The van der Waals surface area contributed by atoms with Gasteiger partial charge in [-0.25, -0.2) is 0 Å². The van der Waals surface area contributed by atoms with Crippen LogP contribution < -0.4 is 0 Å². The lowest BCUT2D eigenvalue weighted by molar-refractivity contribution is -0.156. The van der Waals surface area contributed by atoms with Gasteiger partial charge in [-0.05, 0) is 44.1 Å². The lowest BCUT2D eigenvalue weighted by Crippen LogP contribution is -2.59. The Balaban J connectivity index is 1.71. The number of rotatable bonds is 15. The summed E-state index contributed by atoms with van der Waals surface area (Å²) in [4.78, 5) is 45.2. The minimum absolute atomic E-state index is 0.216. The summed E-state index contributed by atoms with van der Waals surface area (Å²) >= 11 is 0. The molecule has 3 heterocycles. The van der Waals surface area contributed by atoms with E-state index in [0.29, 0.717) is 38.8 Å². The number of carbonyl (C=O) groups is 3. The Labute approximate surface area is 231 Å². The summed E-state index contributed by atoms with van der Waals surface area (Å²) in [5.41, 5.74) is -0.179. The lowest BCUT2D eigenvalue weighted by atomic mass is 9.70. The van der Waals surface area contributed by atoms with E-state index in [2.05, 4.69) is 20.1 Å². The molecule has 8 heteroatoms. The molecule has 8 nitrogen and oxygen atoms in total. The largest absolute Gasteiger partial charge is 0.465 e. The van der Waals surface area contributed by atoms with Crippen LogP contribution in [0.4, 0.5) is 0 Å². The maximum Gasteiger partial charge on any atom is 0.312 e. The third kappa shape index (κ3) is 5.54. The molecule has 3 fully saturated rings. The first-order valence-electron chi connectivity index (χ1n) is 14.2. The SMILES string of the molecule is C=CCCCOC(=O)[C@@H]1[C@@H]2CCC3(O2)C(C(=O)N(CC=C)CCCC)N([C@@H](CO)Cc2ccccc2)C(=O)[C@H]13. The fourth-order valence-electron chi connectivity index (χ4n) is 6.63. The number of ether oxygens (including phenoxy) is 2. The van der Waals surface area contributed by atoms with Gasteiger partial charge in [-0.3, -0.25) is 14.4 Å². The third-order valence-corrected chi connectivity index (χ3v) is 8.40. The Morgan fingerprint density at radius 1 is 1.26 bits per heavy atom. The number of esters is 1. The second-order valence-electron chi connectivity index (χ2n) is 10.9. The highest BCUT2D eigenvalue weighted by Gasteiger charge is 2.75. The molecule has 0 aliphatic carbocycles. The molecule has 212 valence electrons. The van der Waals surface area contributed by atoms with Gasteiger partial charge in [0, 0.05) is 13.1 Å². The summed E-state index contributed by atoms with van der Waals surface area (Å²) < 4.78 is 12.1. The first-order chi connectivity index (χ1) is 18.9. The highest BCUT2D eigenvalue weighted by Crippen LogP contribution is 2.59. The summed E-state index contributed by atoms with van der Waals surface area (Å²) in [6.45, 7) is 10.4. The number of fused-ring (bicyclic) bond motifs is 1. The number of allylic oxidation sites excluding steroid dienone is 1. The molecule has 6 atom stereocenters. The zero-order valence-electron chi connectivity index (χ0n) is 23.0. The molecule has 1 spiro atoms. The predicted octanol–water partition coefficient (Wildman–Crippen LogP) is 3.29. The van der Waals surface area contributed by atoms with E-state index < -0.39 is 41.6 Å². The molecule has 2 bridgehead atoms. The second-order valence-corrected chi connectivity index (χ2v) is 10.9. The van der Waals surface area contributed by atoms with Crippen LogP contribution in [0.3, 0.4) is 0 Å². The zero-order chi connectivity index (χ0) is 28.0. The van der Waals surface area contributed by atoms with Crippen LogP contribution in [0.25, 0.3) is 0 Å². The number of hydrogen-bond acceptors (Lipinski definition) is 6. The number of carbonyl (C=O) groups excluding carboxylic acids is 3. The molecule has 1 aromatic carbocycles. The van der Waals surface area contributed by atoms with Crippen molar-refractivity contribution in [1.82, 2.24) is 9.80 Å². The standard InChI is InChI=1S/C31H42N2O6/c1-4-7-12-19-38-30(37)25-24-15-16-31(39-24)26(25)28(35)33(23(21-34)20-22-13-10-9-11-14-22)27(31)29(36)32(17-6-3)18-8-5-2/h4,6,9-11,13-14,23-27,34H,1,3,5,7-8,12,15-21H2,2H3/t23-,24+,25-,26+,27?,31?/m1/s1. The lowest BCUT2D eigenvalue weighted by Gasteiger charge is -2.39. The van der Waals surface area contributed by atoms with E-state index in [0.717, 1.165) is 24.8 Å². The first-order valence-corrected chi connectivity index (χ1v) is 14.2. The second kappa shape index (κ2) is 12.9. The van der Waals surface area contributed by atoms with E-state index in [-0.39, 0.29) is 25.0 Å². The Kier molecular flexibility index (Phi) is 9.62. The van der Waals surface area contributed by atoms with E-state index in [4.69, 9.17) is 9.47 Å². The van der Waals surface area contributed by atoms with Gasteiger partial charge in [-0.1, -0.05) is 55.8 Å². The number of aliphatic hydroxyl groups excluding tert-OH is 1.